The van der Waals surface area contributed by atoms with Gasteiger partial charge >= 0.3 is 6.03 Å². The molecule has 0 bridgehead atoms. The van der Waals surface area contributed by atoms with Crippen LogP contribution in [-0.2, 0) is 11.3 Å². The molecule has 2 heterocycles. The van der Waals surface area contributed by atoms with Gasteiger partial charge in [-0.05, 0) is 50.6 Å². The number of nitrogens with zero attached hydrogens (tertiary/aromatic N) is 4. The van der Waals surface area contributed by atoms with Crippen molar-refractivity contribution < 1.29 is 14.5 Å². The number of carbonyl (C=O) groups excluding carboxylic acids is 2. The first-order valence-electron chi connectivity index (χ1n) is 10.1. The first kappa shape index (κ1) is 21.4. The van der Waals surface area contributed by atoms with Gasteiger partial charge in [0, 0.05) is 49.7 Å². The molecule has 0 spiro atoms. The number of hydrogen-bond donors (Lipinski definition) is 1. The Morgan fingerprint density at radius 3 is 2.53 bits per heavy atom. The fourth-order valence-corrected chi connectivity index (χ4v) is 3.76. The number of non-ortho nitro benzene ring substituents is 1. The van der Waals surface area contributed by atoms with E-state index in [9.17, 15) is 19.7 Å². The second-order valence-corrected chi connectivity index (χ2v) is 7.52. The molecule has 1 atom stereocenters. The van der Waals surface area contributed by atoms with E-state index in [0.29, 0.717) is 19.6 Å². The predicted octanol–water partition coefficient (Wildman–Crippen LogP) is 2.77. The second-order valence-electron chi connectivity index (χ2n) is 7.52. The molecule has 3 rings (SSSR count). The van der Waals surface area contributed by atoms with Gasteiger partial charge in [-0.3, -0.25) is 14.9 Å². The highest BCUT2D eigenvalue weighted by Crippen LogP contribution is 2.33. The summed E-state index contributed by atoms with van der Waals surface area (Å²) in [5.74, 6) is -0.161. The molecule has 1 aliphatic heterocycles. The quantitative estimate of drug-likeness (QED) is 0.581. The number of hydrogen-bond acceptors (Lipinski definition) is 4. The summed E-state index contributed by atoms with van der Waals surface area (Å²) in [5, 5.41) is 13.8. The fourth-order valence-electron chi connectivity index (χ4n) is 3.76. The number of aromatic nitrogens is 1. The van der Waals surface area contributed by atoms with Crippen LogP contribution in [0.1, 0.15) is 38.1 Å². The maximum Gasteiger partial charge on any atom is 0.318 e. The minimum atomic E-state index is -0.441. The molecule has 1 aliphatic rings. The smallest absolute Gasteiger partial charge is 0.318 e. The predicted molar refractivity (Wildman–Crippen MR) is 112 cm³/mol. The molecule has 0 radical (unpaired) electrons. The lowest BCUT2D eigenvalue weighted by Gasteiger charge is -2.39. The Labute approximate surface area is 175 Å². The Balaban J connectivity index is 1.91. The van der Waals surface area contributed by atoms with E-state index >= 15 is 0 Å². The van der Waals surface area contributed by atoms with Crippen molar-refractivity contribution in [3.63, 3.8) is 0 Å². The summed E-state index contributed by atoms with van der Waals surface area (Å²) in [6.45, 7) is 7.17. The first-order valence-corrected chi connectivity index (χ1v) is 10.1. The topological polar surface area (TPSA) is 101 Å². The van der Waals surface area contributed by atoms with Crippen molar-refractivity contribution in [3.8, 4) is 0 Å². The van der Waals surface area contributed by atoms with Crippen molar-refractivity contribution in [3.05, 3.63) is 64.0 Å². The van der Waals surface area contributed by atoms with E-state index in [4.69, 9.17) is 0 Å². The number of fused-ring (bicyclic) bond motifs is 1. The van der Waals surface area contributed by atoms with E-state index in [1.165, 1.54) is 17.0 Å². The van der Waals surface area contributed by atoms with Crippen LogP contribution < -0.4 is 5.32 Å². The van der Waals surface area contributed by atoms with Gasteiger partial charge in [0.25, 0.3) is 5.69 Å². The molecule has 30 heavy (non-hydrogen) atoms. The Kier molecular flexibility index (Phi) is 6.39. The number of carbonyl (C=O) groups is 2. The molecule has 9 heteroatoms. The summed E-state index contributed by atoms with van der Waals surface area (Å²) in [7, 11) is 0. The molecule has 3 amide bonds. The van der Waals surface area contributed by atoms with Gasteiger partial charge in [-0.2, -0.15) is 0 Å². The molecule has 0 saturated heterocycles. The zero-order valence-electron chi connectivity index (χ0n) is 17.4. The first-order chi connectivity index (χ1) is 14.3. The van der Waals surface area contributed by atoms with Crippen LogP contribution >= 0.6 is 0 Å². The van der Waals surface area contributed by atoms with Crippen molar-refractivity contribution in [1.82, 2.24) is 19.7 Å². The number of nitro groups is 1. The Hall–Kier alpha value is -3.36. The summed E-state index contributed by atoms with van der Waals surface area (Å²) in [6, 6.07) is 9.40. The zero-order valence-corrected chi connectivity index (χ0v) is 17.4. The minimum Gasteiger partial charge on any atom is -0.348 e. The lowest BCUT2D eigenvalue weighted by Crippen LogP contribution is -2.51. The highest BCUT2D eigenvalue weighted by Gasteiger charge is 2.34. The van der Waals surface area contributed by atoms with E-state index in [2.05, 4.69) is 9.88 Å². The van der Waals surface area contributed by atoms with Gasteiger partial charge in [-0.1, -0.05) is 0 Å². The number of nitrogens with one attached hydrogen (secondary N) is 1. The molecule has 1 aromatic heterocycles. The molecular weight excluding hydrogens is 386 g/mol. The molecule has 0 aliphatic carbocycles. The standard InChI is InChI=1S/C21H27N5O4/c1-4-22-21(28)25(15(2)3)14-19(27)24-13-12-23-11-5-6-18(23)20(24)16-7-9-17(10-8-16)26(29)30/h5-11,15,20H,4,12-14H2,1-3H3,(H,22,28)/t20-/m0/s1. The molecule has 0 unspecified atom stereocenters. The van der Waals surface area contributed by atoms with E-state index in [0.717, 1.165) is 11.3 Å². The van der Waals surface area contributed by atoms with Crippen molar-refractivity contribution in [2.24, 2.45) is 0 Å². The summed E-state index contributed by atoms with van der Waals surface area (Å²) >= 11 is 0. The van der Waals surface area contributed by atoms with Gasteiger partial charge in [-0.15, -0.1) is 0 Å². The number of benzene rings is 1. The van der Waals surface area contributed by atoms with Crippen molar-refractivity contribution in [1.29, 1.82) is 0 Å². The Morgan fingerprint density at radius 2 is 1.93 bits per heavy atom. The van der Waals surface area contributed by atoms with Crippen LogP contribution in [0.2, 0.25) is 0 Å². The third-order valence-electron chi connectivity index (χ3n) is 5.30. The van der Waals surface area contributed by atoms with Crippen LogP contribution in [0.15, 0.2) is 42.6 Å². The van der Waals surface area contributed by atoms with E-state index in [1.54, 1.807) is 17.0 Å². The average Bonchev–Trinajstić information content (AvgIpc) is 3.19. The number of urea groups is 1. The van der Waals surface area contributed by atoms with Crippen LogP contribution in [-0.4, -0.2) is 56.9 Å². The van der Waals surface area contributed by atoms with Crippen LogP contribution in [0.4, 0.5) is 10.5 Å². The van der Waals surface area contributed by atoms with Gasteiger partial charge in [0.2, 0.25) is 5.91 Å². The molecule has 0 saturated carbocycles. The summed E-state index contributed by atoms with van der Waals surface area (Å²) in [6.07, 6.45) is 1.96. The maximum absolute atomic E-state index is 13.3. The molecular formula is C21H27N5O4. The van der Waals surface area contributed by atoms with Crippen molar-refractivity contribution in [2.45, 2.75) is 39.4 Å². The minimum absolute atomic E-state index is 0.00467. The number of nitro benzene ring substituents is 1. The van der Waals surface area contributed by atoms with Crippen LogP contribution in [0, 0.1) is 10.1 Å². The largest absolute Gasteiger partial charge is 0.348 e. The summed E-state index contributed by atoms with van der Waals surface area (Å²) < 4.78 is 2.08. The molecule has 160 valence electrons. The maximum atomic E-state index is 13.3. The Bertz CT molecular complexity index is 922. The second kappa shape index (κ2) is 8.98. The Morgan fingerprint density at radius 1 is 1.23 bits per heavy atom. The van der Waals surface area contributed by atoms with Gasteiger partial charge in [0.05, 0.1) is 11.0 Å². The molecule has 1 N–H and O–H groups in total. The van der Waals surface area contributed by atoms with Gasteiger partial charge < -0.3 is 19.7 Å². The zero-order chi connectivity index (χ0) is 21.8. The highest BCUT2D eigenvalue weighted by molar-refractivity contribution is 5.85. The SMILES string of the molecule is CCNC(=O)N(CC(=O)N1CCn2cccc2[C@@H]1c1ccc([N+](=O)[O-])cc1)C(C)C. The molecule has 9 nitrogen and oxygen atoms in total. The van der Waals surface area contributed by atoms with E-state index < -0.39 is 4.92 Å². The highest BCUT2D eigenvalue weighted by atomic mass is 16.6. The van der Waals surface area contributed by atoms with Gasteiger partial charge in [0.1, 0.15) is 6.54 Å². The van der Waals surface area contributed by atoms with E-state index in [-0.39, 0.29) is 36.3 Å². The third kappa shape index (κ3) is 4.29. The molecule has 2 aromatic rings. The van der Waals surface area contributed by atoms with Crippen LogP contribution in [0.3, 0.4) is 0 Å². The van der Waals surface area contributed by atoms with E-state index in [1.807, 2.05) is 39.1 Å². The lowest BCUT2D eigenvalue weighted by molar-refractivity contribution is -0.384. The van der Waals surface area contributed by atoms with Gasteiger partial charge in [-0.25, -0.2) is 4.79 Å². The monoisotopic (exact) mass is 413 g/mol. The van der Waals surface area contributed by atoms with Crippen LogP contribution in [0.5, 0.6) is 0 Å². The number of amides is 3. The van der Waals surface area contributed by atoms with Crippen LogP contribution in [0.25, 0.3) is 0 Å². The van der Waals surface area contributed by atoms with Crippen molar-refractivity contribution >= 4 is 17.6 Å². The van der Waals surface area contributed by atoms with Crippen molar-refractivity contribution in [2.75, 3.05) is 19.6 Å². The average molecular weight is 413 g/mol. The van der Waals surface area contributed by atoms with Gasteiger partial charge in [0.15, 0.2) is 0 Å². The molecule has 1 aromatic carbocycles. The lowest BCUT2D eigenvalue weighted by atomic mass is 9.99. The fraction of sp³-hybridized carbons (Fsp3) is 0.429. The normalized spacial score (nSPS) is 15.6. The number of rotatable bonds is 6. The summed E-state index contributed by atoms with van der Waals surface area (Å²) in [5.41, 5.74) is 1.74. The third-order valence-corrected chi connectivity index (χ3v) is 5.30. The molecule has 0 fully saturated rings. The summed E-state index contributed by atoms with van der Waals surface area (Å²) in [4.78, 5) is 39.5.